The van der Waals surface area contributed by atoms with E-state index in [-0.39, 0.29) is 43.0 Å². The molecule has 1 heterocycles. The molecule has 1 aliphatic carbocycles. The summed E-state index contributed by atoms with van der Waals surface area (Å²) < 4.78 is 15.2. The van der Waals surface area contributed by atoms with Gasteiger partial charge in [-0.2, -0.15) is 0 Å². The molecule has 1 aromatic heterocycles. The molecule has 1 unspecified atom stereocenters. The Morgan fingerprint density at radius 3 is 2.56 bits per heavy atom. The maximum Gasteiger partial charge on any atom is 0.507 e. The van der Waals surface area contributed by atoms with Crippen LogP contribution in [0.4, 0.5) is 22.1 Å². The summed E-state index contributed by atoms with van der Waals surface area (Å²) in [5.74, 6) is 7.32. The topological polar surface area (TPSA) is 175 Å². The van der Waals surface area contributed by atoms with Crippen molar-refractivity contribution in [1.29, 1.82) is 0 Å². The van der Waals surface area contributed by atoms with Crippen molar-refractivity contribution in [3.05, 3.63) is 5.82 Å². The first kappa shape index (κ1) is 28.9. The zero-order valence-electron chi connectivity index (χ0n) is 21.3. The first-order valence-corrected chi connectivity index (χ1v) is 12.1. The smallest absolute Gasteiger partial charge is 0.438 e. The predicted octanol–water partition coefficient (Wildman–Crippen LogP) is 1.27. The molecule has 1 fully saturated rings. The molecule has 12 heteroatoms. The molecule has 2 rings (SSSR count). The van der Waals surface area contributed by atoms with E-state index < -0.39 is 12.3 Å². The van der Waals surface area contributed by atoms with Gasteiger partial charge in [-0.15, -0.1) is 0 Å². The Bertz CT molecular complexity index is 926. The van der Waals surface area contributed by atoms with Gasteiger partial charge in [0.15, 0.2) is 11.6 Å². The number of aliphatic hydroxyl groups is 1. The number of aromatic nitrogens is 2. The fourth-order valence-corrected chi connectivity index (χ4v) is 3.90. The third-order valence-corrected chi connectivity index (χ3v) is 5.98. The minimum absolute atomic E-state index is 0.00173. The number of nitrogens with one attached hydrogen (secondary N) is 1. The molecule has 36 heavy (non-hydrogen) atoms. The molecule has 1 amide bonds. The molecule has 0 aliphatic heterocycles. The SMILES string of the molecule is CCNC(=O)C(CCO)OCN(C)c1nc(C#CCC2CCC(COC(=O)OC)CC2)nc(N)c1N. The molecule has 0 radical (unpaired) electrons. The van der Waals surface area contributed by atoms with Crippen molar-refractivity contribution in [2.45, 2.75) is 51.6 Å². The van der Waals surface area contributed by atoms with Gasteiger partial charge in [0.2, 0.25) is 11.7 Å². The van der Waals surface area contributed by atoms with Crippen molar-refractivity contribution in [3.8, 4) is 11.8 Å². The molecular formula is C24H38N6O6. The molecule has 200 valence electrons. The number of amides is 1. The third kappa shape index (κ3) is 9.05. The maximum atomic E-state index is 12.1. The summed E-state index contributed by atoms with van der Waals surface area (Å²) >= 11 is 0. The number of hydrogen-bond acceptors (Lipinski definition) is 11. The van der Waals surface area contributed by atoms with Gasteiger partial charge in [-0.3, -0.25) is 4.79 Å². The number of nitrogens with zero attached hydrogens (tertiary/aromatic N) is 3. The van der Waals surface area contributed by atoms with Crippen LogP contribution in [-0.2, 0) is 19.0 Å². The Morgan fingerprint density at radius 2 is 1.92 bits per heavy atom. The molecule has 12 nitrogen and oxygen atoms in total. The Hall–Kier alpha value is -3.30. The van der Waals surface area contributed by atoms with Gasteiger partial charge in [0.25, 0.3) is 0 Å². The predicted molar refractivity (Wildman–Crippen MR) is 135 cm³/mol. The fourth-order valence-electron chi connectivity index (χ4n) is 3.90. The van der Waals surface area contributed by atoms with E-state index in [9.17, 15) is 14.7 Å². The Balaban J connectivity index is 1.94. The highest BCUT2D eigenvalue weighted by Crippen LogP contribution is 2.31. The molecule has 1 aliphatic rings. The van der Waals surface area contributed by atoms with Crippen LogP contribution in [0.2, 0.25) is 0 Å². The first-order chi connectivity index (χ1) is 17.3. The van der Waals surface area contributed by atoms with Crippen molar-refractivity contribution in [2.75, 3.05) is 57.0 Å². The molecule has 1 atom stereocenters. The number of nitrogen functional groups attached to an aromatic ring is 2. The van der Waals surface area contributed by atoms with Crippen LogP contribution in [0.3, 0.4) is 0 Å². The van der Waals surface area contributed by atoms with E-state index in [1.165, 1.54) is 7.11 Å². The number of methoxy groups -OCH3 is 1. The van der Waals surface area contributed by atoms with E-state index in [1.54, 1.807) is 18.9 Å². The lowest BCUT2D eigenvalue weighted by atomic mass is 9.81. The van der Waals surface area contributed by atoms with Gasteiger partial charge < -0.3 is 41.0 Å². The molecule has 1 saturated carbocycles. The lowest BCUT2D eigenvalue weighted by Crippen LogP contribution is -2.39. The number of anilines is 3. The Kier molecular flexibility index (Phi) is 12.0. The monoisotopic (exact) mass is 506 g/mol. The second kappa shape index (κ2) is 15.0. The van der Waals surface area contributed by atoms with Gasteiger partial charge in [-0.1, -0.05) is 5.92 Å². The number of hydrogen-bond donors (Lipinski definition) is 4. The Labute approximate surface area is 212 Å². The highest BCUT2D eigenvalue weighted by atomic mass is 16.7. The number of carbonyl (C=O) groups excluding carboxylic acids is 2. The van der Waals surface area contributed by atoms with Crippen LogP contribution in [0.5, 0.6) is 0 Å². The van der Waals surface area contributed by atoms with E-state index in [1.807, 2.05) is 0 Å². The third-order valence-electron chi connectivity index (χ3n) is 5.98. The summed E-state index contributed by atoms with van der Waals surface area (Å²) in [6, 6.07) is 0. The normalized spacial score (nSPS) is 17.9. The van der Waals surface area contributed by atoms with Gasteiger partial charge in [0.05, 0.1) is 13.7 Å². The number of nitrogens with two attached hydrogens (primary N) is 2. The van der Waals surface area contributed by atoms with Crippen LogP contribution in [0, 0.1) is 23.7 Å². The van der Waals surface area contributed by atoms with E-state index in [4.69, 9.17) is 20.9 Å². The summed E-state index contributed by atoms with van der Waals surface area (Å²) in [5.41, 5.74) is 12.3. The van der Waals surface area contributed by atoms with E-state index >= 15 is 0 Å². The highest BCUT2D eigenvalue weighted by molar-refractivity contribution is 5.80. The van der Waals surface area contributed by atoms with Crippen molar-refractivity contribution < 1.29 is 28.9 Å². The molecule has 0 spiro atoms. The molecule has 6 N–H and O–H groups in total. The van der Waals surface area contributed by atoms with Crippen LogP contribution in [0.25, 0.3) is 0 Å². The minimum Gasteiger partial charge on any atom is -0.438 e. The quantitative estimate of drug-likeness (QED) is 0.193. The second-order valence-corrected chi connectivity index (χ2v) is 8.72. The molecule has 0 bridgehead atoms. The average molecular weight is 507 g/mol. The zero-order valence-corrected chi connectivity index (χ0v) is 21.3. The van der Waals surface area contributed by atoms with Crippen LogP contribution in [0.15, 0.2) is 0 Å². The number of carbonyl (C=O) groups is 2. The molecule has 1 aromatic rings. The number of aliphatic hydroxyl groups excluding tert-OH is 1. The largest absolute Gasteiger partial charge is 0.507 e. The average Bonchev–Trinajstić information content (AvgIpc) is 2.87. The van der Waals surface area contributed by atoms with Crippen molar-refractivity contribution in [3.63, 3.8) is 0 Å². The van der Waals surface area contributed by atoms with Crippen molar-refractivity contribution in [1.82, 2.24) is 15.3 Å². The van der Waals surface area contributed by atoms with Crippen LogP contribution in [0.1, 0.15) is 51.3 Å². The van der Waals surface area contributed by atoms with Crippen LogP contribution < -0.4 is 21.7 Å². The number of rotatable bonds is 11. The number of likely N-dealkylation sites (N-methyl/N-ethyl adjacent to an activating group) is 1. The summed E-state index contributed by atoms with van der Waals surface area (Å²) in [6.45, 7) is 2.46. The summed E-state index contributed by atoms with van der Waals surface area (Å²) in [7, 11) is 3.00. The van der Waals surface area contributed by atoms with E-state index in [0.717, 1.165) is 25.7 Å². The molecular weight excluding hydrogens is 468 g/mol. The van der Waals surface area contributed by atoms with Gasteiger partial charge in [0, 0.05) is 33.0 Å². The highest BCUT2D eigenvalue weighted by Gasteiger charge is 2.22. The van der Waals surface area contributed by atoms with Gasteiger partial charge in [0.1, 0.15) is 18.5 Å². The van der Waals surface area contributed by atoms with Crippen molar-refractivity contribution >= 4 is 29.4 Å². The molecule has 0 aromatic carbocycles. The van der Waals surface area contributed by atoms with Gasteiger partial charge >= 0.3 is 6.16 Å². The molecule has 0 saturated heterocycles. The van der Waals surface area contributed by atoms with E-state index in [2.05, 4.69) is 31.9 Å². The van der Waals surface area contributed by atoms with Crippen LogP contribution >= 0.6 is 0 Å². The summed E-state index contributed by atoms with van der Waals surface area (Å²) in [4.78, 5) is 33.5. The summed E-state index contributed by atoms with van der Waals surface area (Å²) in [6.07, 6.45) is 3.35. The van der Waals surface area contributed by atoms with E-state index in [0.29, 0.717) is 37.2 Å². The first-order valence-electron chi connectivity index (χ1n) is 12.1. The fraction of sp³-hybridized carbons (Fsp3) is 0.667. The standard InChI is InChI=1S/C24H38N6O6/c1-4-27-23(32)18(12-13-31)36-15-30(2)22-20(25)21(26)28-19(29-22)7-5-6-16-8-10-17(11-9-16)14-35-24(33)34-3/h16-18,31H,4,6,8-15,25H2,1-3H3,(H,27,32)(H2,26,28,29). The summed E-state index contributed by atoms with van der Waals surface area (Å²) in [5, 5.41) is 11.9. The van der Waals surface area contributed by atoms with Gasteiger partial charge in [-0.05, 0) is 50.4 Å². The zero-order chi connectivity index (χ0) is 26.5. The number of ether oxygens (including phenoxy) is 3. The van der Waals surface area contributed by atoms with Gasteiger partial charge in [-0.25, -0.2) is 14.8 Å². The van der Waals surface area contributed by atoms with Crippen molar-refractivity contribution in [2.24, 2.45) is 11.8 Å². The second-order valence-electron chi connectivity index (χ2n) is 8.72. The minimum atomic E-state index is -0.806. The lowest BCUT2D eigenvalue weighted by Gasteiger charge is -2.26. The lowest BCUT2D eigenvalue weighted by molar-refractivity contribution is -0.133. The van der Waals surface area contributed by atoms with Crippen LogP contribution in [-0.4, -0.2) is 73.9 Å². The Morgan fingerprint density at radius 1 is 1.22 bits per heavy atom. The maximum absolute atomic E-state index is 12.1.